The van der Waals surface area contributed by atoms with Gasteiger partial charge in [-0.05, 0) is 72.4 Å². The lowest BCUT2D eigenvalue weighted by atomic mass is 9.83. The zero-order chi connectivity index (χ0) is 20.7. The summed E-state index contributed by atoms with van der Waals surface area (Å²) in [6.45, 7) is 4.95. The lowest BCUT2D eigenvalue weighted by Crippen LogP contribution is -2.42. The molecule has 0 radical (unpaired) electrons. The van der Waals surface area contributed by atoms with Gasteiger partial charge in [0.15, 0.2) is 0 Å². The smallest absolute Gasteiger partial charge is 0.109 e. The van der Waals surface area contributed by atoms with Crippen LogP contribution in [0.5, 0.6) is 0 Å². The maximum absolute atomic E-state index is 6.81. The van der Waals surface area contributed by atoms with Crippen LogP contribution in [-0.4, -0.2) is 23.0 Å². The predicted molar refractivity (Wildman–Crippen MR) is 121 cm³/mol. The molecule has 0 N–H and O–H groups in total. The number of hydrogen-bond donors (Lipinski definition) is 0. The van der Waals surface area contributed by atoms with Gasteiger partial charge in [-0.15, -0.1) is 0 Å². The minimum atomic E-state index is -0.257. The monoisotopic (exact) mass is 438 g/mol. The van der Waals surface area contributed by atoms with Crippen molar-refractivity contribution in [2.24, 2.45) is 0 Å². The first kappa shape index (κ1) is 20.0. The largest absolute Gasteiger partial charge is 0.358 e. The van der Waals surface area contributed by atoms with E-state index >= 15 is 0 Å². The Labute approximate surface area is 187 Å². The van der Waals surface area contributed by atoms with E-state index in [0.29, 0.717) is 10.0 Å². The molecule has 1 saturated heterocycles. The van der Waals surface area contributed by atoms with Crippen LogP contribution in [0.3, 0.4) is 0 Å². The molecule has 1 spiro atoms. The number of piperidine rings is 1. The van der Waals surface area contributed by atoms with Crippen molar-refractivity contribution in [3.8, 4) is 0 Å². The molecule has 30 heavy (non-hydrogen) atoms. The molecule has 0 aliphatic carbocycles. The van der Waals surface area contributed by atoms with Crippen LogP contribution in [0.4, 0.5) is 0 Å². The number of halogens is 2. The predicted octanol–water partition coefficient (Wildman–Crippen LogP) is 6.31. The topological polar surface area (TPSA) is 25.4 Å². The Morgan fingerprint density at radius 2 is 1.77 bits per heavy atom. The highest BCUT2D eigenvalue weighted by molar-refractivity contribution is 6.34. The molecule has 0 amide bonds. The van der Waals surface area contributed by atoms with Crippen molar-refractivity contribution in [3.05, 3.63) is 98.8 Å². The van der Waals surface area contributed by atoms with Gasteiger partial charge in [0.1, 0.15) is 6.10 Å². The molecule has 2 aliphatic heterocycles. The molecular weight excluding hydrogens is 415 g/mol. The third kappa shape index (κ3) is 3.76. The second kappa shape index (κ2) is 7.97. The standard InChI is InChI=1S/C25H24Cl2N2O/c1-17-6-9-28-21(12-17)16-29-10-7-25(8-11-29)23-5-3-2-4-22(23)24(30-25)18-13-19(26)15-20(27)14-18/h2-6,9,12-15,24H,7-8,10-11,16H2,1H3. The summed E-state index contributed by atoms with van der Waals surface area (Å²) >= 11 is 12.6. The SMILES string of the molecule is Cc1ccnc(CN2CCC3(CC2)OC(c2cc(Cl)cc(Cl)c2)c2ccccc23)c1. The number of hydrogen-bond acceptors (Lipinski definition) is 3. The molecule has 5 heteroatoms. The normalized spacial score (nSPS) is 20.4. The van der Waals surface area contributed by atoms with Crippen molar-refractivity contribution in [1.82, 2.24) is 9.88 Å². The van der Waals surface area contributed by atoms with E-state index in [0.717, 1.165) is 43.7 Å². The molecule has 3 heterocycles. The molecule has 1 fully saturated rings. The third-order valence-corrected chi connectivity index (χ3v) is 6.72. The number of aromatic nitrogens is 1. The first-order valence-corrected chi connectivity index (χ1v) is 11.2. The van der Waals surface area contributed by atoms with Gasteiger partial charge in [-0.1, -0.05) is 47.5 Å². The molecule has 5 rings (SSSR count). The van der Waals surface area contributed by atoms with Crippen molar-refractivity contribution in [3.63, 3.8) is 0 Å². The Morgan fingerprint density at radius 3 is 2.50 bits per heavy atom. The van der Waals surface area contributed by atoms with Gasteiger partial charge in [-0.25, -0.2) is 0 Å². The maximum Gasteiger partial charge on any atom is 0.109 e. The number of benzene rings is 2. The molecule has 154 valence electrons. The summed E-state index contributed by atoms with van der Waals surface area (Å²) in [5.74, 6) is 0. The number of aryl methyl sites for hydroxylation is 1. The average molecular weight is 439 g/mol. The Hall–Kier alpha value is -1.91. The first-order chi connectivity index (χ1) is 14.5. The zero-order valence-corrected chi connectivity index (χ0v) is 18.5. The van der Waals surface area contributed by atoms with Gasteiger partial charge in [-0.2, -0.15) is 0 Å². The van der Waals surface area contributed by atoms with Crippen LogP contribution < -0.4 is 0 Å². The number of likely N-dealkylation sites (tertiary alicyclic amines) is 1. The summed E-state index contributed by atoms with van der Waals surface area (Å²) in [6, 6.07) is 18.5. The lowest BCUT2D eigenvalue weighted by molar-refractivity contribution is -0.0979. The van der Waals surface area contributed by atoms with E-state index < -0.39 is 0 Å². The van der Waals surface area contributed by atoms with Gasteiger partial charge in [0, 0.05) is 35.9 Å². The van der Waals surface area contributed by atoms with Crippen molar-refractivity contribution in [2.75, 3.05) is 13.1 Å². The van der Waals surface area contributed by atoms with Crippen molar-refractivity contribution >= 4 is 23.2 Å². The summed E-state index contributed by atoms with van der Waals surface area (Å²) in [5, 5.41) is 1.28. The van der Waals surface area contributed by atoms with E-state index in [1.807, 2.05) is 24.4 Å². The van der Waals surface area contributed by atoms with E-state index in [4.69, 9.17) is 27.9 Å². The molecule has 1 unspecified atom stereocenters. The van der Waals surface area contributed by atoms with Gasteiger partial charge in [0.25, 0.3) is 0 Å². The Bertz CT molecular complexity index is 1060. The second-order valence-electron chi connectivity index (χ2n) is 8.38. The van der Waals surface area contributed by atoms with E-state index in [-0.39, 0.29) is 11.7 Å². The van der Waals surface area contributed by atoms with Gasteiger partial charge in [-0.3, -0.25) is 9.88 Å². The number of fused-ring (bicyclic) bond motifs is 2. The lowest BCUT2D eigenvalue weighted by Gasteiger charge is -2.39. The van der Waals surface area contributed by atoms with Crippen LogP contribution >= 0.6 is 23.2 Å². The van der Waals surface area contributed by atoms with E-state index in [1.54, 1.807) is 6.07 Å². The molecule has 0 bridgehead atoms. The molecule has 0 saturated carbocycles. The van der Waals surface area contributed by atoms with Crippen LogP contribution in [0, 0.1) is 6.92 Å². The average Bonchev–Trinajstić information content (AvgIpc) is 3.04. The Kier molecular flexibility index (Phi) is 5.32. The van der Waals surface area contributed by atoms with Crippen LogP contribution in [0.15, 0.2) is 60.8 Å². The molecule has 2 aliphatic rings. The summed E-state index contributed by atoms with van der Waals surface area (Å²) in [7, 11) is 0. The molecule has 2 aromatic carbocycles. The zero-order valence-electron chi connectivity index (χ0n) is 16.9. The highest BCUT2D eigenvalue weighted by atomic mass is 35.5. The summed E-state index contributed by atoms with van der Waals surface area (Å²) in [5.41, 5.74) is 5.68. The van der Waals surface area contributed by atoms with Crippen molar-refractivity contribution in [2.45, 2.75) is 38.0 Å². The number of ether oxygens (including phenoxy) is 1. The molecule has 1 atom stereocenters. The quantitative estimate of drug-likeness (QED) is 0.478. The molecule has 1 aromatic heterocycles. The van der Waals surface area contributed by atoms with Gasteiger partial charge >= 0.3 is 0 Å². The van der Waals surface area contributed by atoms with Crippen LogP contribution in [0.1, 0.15) is 46.9 Å². The van der Waals surface area contributed by atoms with Crippen molar-refractivity contribution < 1.29 is 4.74 Å². The fourth-order valence-electron chi connectivity index (χ4n) is 4.84. The van der Waals surface area contributed by atoms with Gasteiger partial charge in [0.2, 0.25) is 0 Å². The van der Waals surface area contributed by atoms with Crippen LogP contribution in [0.25, 0.3) is 0 Å². The number of nitrogens with zero attached hydrogens (tertiary/aromatic N) is 2. The van der Waals surface area contributed by atoms with E-state index in [9.17, 15) is 0 Å². The van der Waals surface area contributed by atoms with E-state index in [1.165, 1.54) is 16.7 Å². The number of pyridine rings is 1. The van der Waals surface area contributed by atoms with Crippen LogP contribution in [0.2, 0.25) is 10.0 Å². The highest BCUT2D eigenvalue weighted by Crippen LogP contribution is 2.51. The van der Waals surface area contributed by atoms with Crippen LogP contribution in [-0.2, 0) is 16.9 Å². The summed E-state index contributed by atoms with van der Waals surface area (Å²) in [4.78, 5) is 7.00. The molecule has 3 nitrogen and oxygen atoms in total. The fourth-order valence-corrected chi connectivity index (χ4v) is 5.38. The van der Waals surface area contributed by atoms with Gasteiger partial charge in [0.05, 0.1) is 11.3 Å². The summed E-state index contributed by atoms with van der Waals surface area (Å²) < 4.78 is 6.81. The highest BCUT2D eigenvalue weighted by Gasteiger charge is 2.47. The third-order valence-electron chi connectivity index (χ3n) is 6.29. The van der Waals surface area contributed by atoms with E-state index in [2.05, 4.69) is 47.1 Å². The maximum atomic E-state index is 6.81. The molecular formula is C25H24Cl2N2O. The van der Waals surface area contributed by atoms with Gasteiger partial charge < -0.3 is 4.74 Å². The molecule has 3 aromatic rings. The number of rotatable bonds is 3. The Morgan fingerprint density at radius 1 is 1.03 bits per heavy atom. The minimum absolute atomic E-state index is 0.137. The fraction of sp³-hybridized carbons (Fsp3) is 0.320. The van der Waals surface area contributed by atoms with Crippen molar-refractivity contribution in [1.29, 1.82) is 0 Å². The first-order valence-electron chi connectivity index (χ1n) is 10.4. The summed E-state index contributed by atoms with van der Waals surface area (Å²) in [6.07, 6.45) is 3.68. The second-order valence-corrected chi connectivity index (χ2v) is 9.26. The Balaban J connectivity index is 1.39. The minimum Gasteiger partial charge on any atom is -0.358 e.